The van der Waals surface area contributed by atoms with Crippen molar-refractivity contribution in [2.75, 3.05) is 17.7 Å². The summed E-state index contributed by atoms with van der Waals surface area (Å²) in [6.45, 7) is 6.11. The van der Waals surface area contributed by atoms with Crippen LogP contribution in [0.2, 0.25) is 0 Å². The molecule has 2 heterocycles. The van der Waals surface area contributed by atoms with E-state index in [0.717, 1.165) is 22.6 Å². The first-order valence-electron chi connectivity index (χ1n) is 9.06. The Hall–Kier alpha value is -2.71. The molecule has 8 heteroatoms. The molecular weight excluding hydrogens is 406 g/mol. The minimum atomic E-state index is -0.415. The van der Waals surface area contributed by atoms with Crippen LogP contribution in [0, 0.1) is 0 Å². The second-order valence-corrected chi connectivity index (χ2v) is 9.06. The van der Waals surface area contributed by atoms with Gasteiger partial charge in [0, 0.05) is 22.8 Å². The molecule has 29 heavy (non-hydrogen) atoms. The van der Waals surface area contributed by atoms with Crippen LogP contribution < -0.4 is 10.6 Å². The summed E-state index contributed by atoms with van der Waals surface area (Å²) in [5.41, 5.74) is 1.46. The van der Waals surface area contributed by atoms with Gasteiger partial charge in [-0.15, -0.1) is 11.3 Å². The Morgan fingerprint density at radius 3 is 2.55 bits per heavy atom. The lowest BCUT2D eigenvalue weighted by Gasteiger charge is -2.12. The molecule has 0 aliphatic heterocycles. The average molecular weight is 430 g/mol. The third kappa shape index (κ3) is 5.42. The summed E-state index contributed by atoms with van der Waals surface area (Å²) in [5.74, 6) is 0.842. The van der Waals surface area contributed by atoms with Gasteiger partial charge in [0.25, 0.3) is 0 Å². The van der Waals surface area contributed by atoms with Crippen LogP contribution in [-0.4, -0.2) is 23.3 Å². The first-order valence-corrected chi connectivity index (χ1v) is 10.3. The number of rotatable bonds is 5. The van der Waals surface area contributed by atoms with Gasteiger partial charge in [-0.1, -0.05) is 56.3 Å². The van der Waals surface area contributed by atoms with Gasteiger partial charge in [0.1, 0.15) is 10.8 Å². The molecule has 2 N–H and O–H groups in total. The third-order valence-corrected chi connectivity index (χ3v) is 5.38. The van der Waals surface area contributed by atoms with Gasteiger partial charge in [-0.05, 0) is 23.8 Å². The van der Waals surface area contributed by atoms with Crippen LogP contribution >= 0.6 is 23.6 Å². The van der Waals surface area contributed by atoms with Crippen molar-refractivity contribution in [3.8, 4) is 0 Å². The van der Waals surface area contributed by atoms with E-state index in [-0.39, 0.29) is 5.41 Å². The Kier molecular flexibility index (Phi) is 6.34. The van der Waals surface area contributed by atoms with Crippen LogP contribution in [0.5, 0.6) is 0 Å². The molecule has 0 bridgehead atoms. The van der Waals surface area contributed by atoms with Crippen LogP contribution in [0.1, 0.15) is 47.3 Å². The van der Waals surface area contributed by atoms with Crippen molar-refractivity contribution in [2.24, 2.45) is 0 Å². The van der Waals surface area contributed by atoms with E-state index in [9.17, 15) is 4.79 Å². The summed E-state index contributed by atoms with van der Waals surface area (Å²) in [6, 6.07) is 13.7. The molecule has 0 radical (unpaired) electrons. The molecule has 0 amide bonds. The van der Waals surface area contributed by atoms with Crippen LogP contribution in [-0.2, 0) is 16.6 Å². The zero-order chi connectivity index (χ0) is 21.0. The van der Waals surface area contributed by atoms with Gasteiger partial charge in [-0.3, -0.25) is 0 Å². The first kappa shape index (κ1) is 21.0. The minimum absolute atomic E-state index is 0.153. The number of aromatic nitrogens is 1. The van der Waals surface area contributed by atoms with Gasteiger partial charge in [0.05, 0.1) is 12.7 Å². The van der Waals surface area contributed by atoms with Crippen molar-refractivity contribution in [3.63, 3.8) is 0 Å². The second-order valence-electron chi connectivity index (χ2n) is 7.51. The molecule has 0 fully saturated rings. The van der Waals surface area contributed by atoms with Gasteiger partial charge < -0.3 is 19.9 Å². The SMILES string of the molecule is COC(=O)c1cc(Cc2ccccc2)sc1NC(=S)Nc1cc(C(C)(C)C)on1. The highest BCUT2D eigenvalue weighted by Gasteiger charge is 2.21. The summed E-state index contributed by atoms with van der Waals surface area (Å²) in [7, 11) is 1.36. The van der Waals surface area contributed by atoms with E-state index in [0.29, 0.717) is 21.5 Å². The molecule has 152 valence electrons. The molecule has 0 unspecified atom stereocenters. The average Bonchev–Trinajstić information content (AvgIpc) is 3.29. The molecule has 0 atom stereocenters. The van der Waals surface area contributed by atoms with E-state index in [1.807, 2.05) is 63.2 Å². The zero-order valence-electron chi connectivity index (χ0n) is 16.7. The lowest BCUT2D eigenvalue weighted by atomic mass is 9.93. The number of ether oxygens (including phenoxy) is 1. The van der Waals surface area contributed by atoms with Crippen molar-refractivity contribution in [2.45, 2.75) is 32.6 Å². The summed E-state index contributed by atoms with van der Waals surface area (Å²) in [4.78, 5) is 13.2. The van der Waals surface area contributed by atoms with Crippen molar-refractivity contribution in [1.29, 1.82) is 0 Å². The third-order valence-electron chi connectivity index (χ3n) is 4.13. The van der Waals surface area contributed by atoms with Crippen LogP contribution in [0.25, 0.3) is 0 Å². The highest BCUT2D eigenvalue weighted by Crippen LogP contribution is 2.31. The van der Waals surface area contributed by atoms with Gasteiger partial charge in [-0.2, -0.15) is 0 Å². The number of hydrogen-bond donors (Lipinski definition) is 2. The molecule has 2 aromatic heterocycles. The van der Waals surface area contributed by atoms with E-state index in [1.165, 1.54) is 18.4 Å². The number of esters is 1. The molecule has 3 rings (SSSR count). The molecule has 0 saturated carbocycles. The number of methoxy groups -OCH3 is 1. The topological polar surface area (TPSA) is 76.4 Å². The van der Waals surface area contributed by atoms with Gasteiger partial charge in [0.15, 0.2) is 10.9 Å². The van der Waals surface area contributed by atoms with E-state index < -0.39 is 5.97 Å². The number of hydrogen-bond acceptors (Lipinski definition) is 6. The fraction of sp³-hybridized carbons (Fsp3) is 0.286. The van der Waals surface area contributed by atoms with E-state index in [1.54, 1.807) is 0 Å². The number of benzene rings is 1. The number of thiocarbonyl (C=S) groups is 1. The summed E-state index contributed by atoms with van der Waals surface area (Å²) >= 11 is 6.86. The van der Waals surface area contributed by atoms with E-state index >= 15 is 0 Å². The Morgan fingerprint density at radius 1 is 1.21 bits per heavy atom. The molecule has 0 aliphatic carbocycles. The summed E-state index contributed by atoms with van der Waals surface area (Å²) in [5, 5.41) is 11.0. The molecule has 0 saturated heterocycles. The Bertz CT molecular complexity index is 1000. The maximum Gasteiger partial charge on any atom is 0.340 e. The highest BCUT2D eigenvalue weighted by molar-refractivity contribution is 7.80. The van der Waals surface area contributed by atoms with Crippen molar-refractivity contribution >= 4 is 45.5 Å². The quantitative estimate of drug-likeness (QED) is 0.425. The molecule has 6 nitrogen and oxygen atoms in total. The number of carbonyl (C=O) groups is 1. The Morgan fingerprint density at radius 2 is 1.93 bits per heavy atom. The predicted octanol–water partition coefficient (Wildman–Crippen LogP) is 5.22. The standard InChI is InChI=1S/C21H23N3O3S2/c1-21(2,3)16-12-17(24-27-16)22-20(28)23-18-15(19(25)26-4)11-14(29-18)10-13-8-6-5-7-9-13/h5-9,11-12H,10H2,1-4H3,(H2,22,23,24,28). The van der Waals surface area contributed by atoms with Crippen molar-refractivity contribution in [3.05, 3.63) is 64.2 Å². The number of carbonyl (C=O) groups excluding carboxylic acids is 1. The fourth-order valence-corrected chi connectivity index (χ4v) is 3.97. The number of thiophene rings is 1. The van der Waals surface area contributed by atoms with Crippen LogP contribution in [0.4, 0.5) is 10.8 Å². The lowest BCUT2D eigenvalue weighted by molar-refractivity contribution is 0.0602. The number of nitrogens with one attached hydrogen (secondary N) is 2. The number of anilines is 2. The highest BCUT2D eigenvalue weighted by atomic mass is 32.1. The molecule has 0 aliphatic rings. The predicted molar refractivity (Wildman–Crippen MR) is 120 cm³/mol. The van der Waals surface area contributed by atoms with Crippen molar-refractivity contribution < 1.29 is 14.1 Å². The van der Waals surface area contributed by atoms with E-state index in [4.69, 9.17) is 21.5 Å². The van der Waals surface area contributed by atoms with Crippen LogP contribution in [0.3, 0.4) is 0 Å². The van der Waals surface area contributed by atoms with Gasteiger partial charge in [-0.25, -0.2) is 4.79 Å². The van der Waals surface area contributed by atoms with Crippen LogP contribution in [0.15, 0.2) is 47.0 Å². The molecule has 0 spiro atoms. The maximum absolute atomic E-state index is 12.2. The van der Waals surface area contributed by atoms with Gasteiger partial charge in [0.2, 0.25) is 0 Å². The molecule has 3 aromatic rings. The summed E-state index contributed by atoms with van der Waals surface area (Å²) in [6.07, 6.45) is 0.718. The normalized spacial score (nSPS) is 11.2. The number of nitrogens with zero attached hydrogens (tertiary/aromatic N) is 1. The molecular formula is C21H23N3O3S2. The lowest BCUT2D eigenvalue weighted by Crippen LogP contribution is -2.20. The Labute approximate surface area is 179 Å². The smallest absolute Gasteiger partial charge is 0.340 e. The Balaban J connectivity index is 1.75. The first-order chi connectivity index (χ1) is 13.8. The second kappa shape index (κ2) is 8.75. The fourth-order valence-electron chi connectivity index (χ4n) is 2.62. The maximum atomic E-state index is 12.2. The van der Waals surface area contributed by atoms with Gasteiger partial charge >= 0.3 is 5.97 Å². The largest absolute Gasteiger partial charge is 0.465 e. The minimum Gasteiger partial charge on any atom is -0.465 e. The summed E-state index contributed by atoms with van der Waals surface area (Å²) < 4.78 is 10.3. The van der Waals surface area contributed by atoms with Crippen molar-refractivity contribution in [1.82, 2.24) is 5.16 Å². The molecule has 1 aromatic carbocycles. The monoisotopic (exact) mass is 429 g/mol. The zero-order valence-corrected chi connectivity index (χ0v) is 18.4. The van der Waals surface area contributed by atoms with E-state index in [2.05, 4.69) is 15.8 Å².